The van der Waals surface area contributed by atoms with Crippen molar-refractivity contribution in [1.82, 2.24) is 5.32 Å². The van der Waals surface area contributed by atoms with Gasteiger partial charge in [0.15, 0.2) is 0 Å². The van der Waals surface area contributed by atoms with Crippen molar-refractivity contribution >= 4 is 5.91 Å². The van der Waals surface area contributed by atoms with Gasteiger partial charge in [0, 0.05) is 24.5 Å². The van der Waals surface area contributed by atoms with E-state index in [1.807, 2.05) is 20.8 Å². The number of carbonyl (C=O) groups is 1. The molecule has 0 aromatic rings. The molecular weight excluding hydrogens is 232 g/mol. The van der Waals surface area contributed by atoms with Crippen LogP contribution >= 0.6 is 0 Å². The van der Waals surface area contributed by atoms with Crippen LogP contribution in [-0.4, -0.2) is 41.4 Å². The standard InChI is InChI=1S/C13H24N2O3/c1-4-18-10-7-13(14,12(10,2)3)11(17)15-8-5-9(16)6-8/h8-10,16H,4-7,14H2,1-3H3,(H,15,17). The lowest BCUT2D eigenvalue weighted by atomic mass is 9.54. The zero-order valence-corrected chi connectivity index (χ0v) is 11.4. The maximum Gasteiger partial charge on any atom is 0.241 e. The summed E-state index contributed by atoms with van der Waals surface area (Å²) in [4.78, 5) is 12.2. The number of aliphatic hydroxyl groups is 1. The number of hydrogen-bond acceptors (Lipinski definition) is 4. The highest BCUT2D eigenvalue weighted by Gasteiger charge is 2.63. The average molecular weight is 256 g/mol. The predicted octanol–water partition coefficient (Wildman–Crippen LogP) is 0.158. The quantitative estimate of drug-likeness (QED) is 0.669. The van der Waals surface area contributed by atoms with Crippen molar-refractivity contribution in [2.45, 2.75) is 63.8 Å². The van der Waals surface area contributed by atoms with Crippen LogP contribution < -0.4 is 11.1 Å². The molecule has 0 spiro atoms. The van der Waals surface area contributed by atoms with Crippen LogP contribution in [0.3, 0.4) is 0 Å². The van der Waals surface area contributed by atoms with E-state index >= 15 is 0 Å². The molecule has 104 valence electrons. The molecule has 2 atom stereocenters. The SMILES string of the molecule is CCOC1CC(N)(C(=O)NC2CC(O)C2)C1(C)C. The molecule has 2 rings (SSSR count). The highest BCUT2D eigenvalue weighted by molar-refractivity contribution is 5.89. The molecule has 2 aliphatic carbocycles. The number of hydrogen-bond donors (Lipinski definition) is 3. The van der Waals surface area contributed by atoms with Gasteiger partial charge in [-0.15, -0.1) is 0 Å². The maximum atomic E-state index is 12.2. The fraction of sp³-hybridized carbons (Fsp3) is 0.923. The van der Waals surface area contributed by atoms with Gasteiger partial charge in [0.25, 0.3) is 0 Å². The van der Waals surface area contributed by atoms with Crippen molar-refractivity contribution in [2.24, 2.45) is 11.1 Å². The van der Waals surface area contributed by atoms with E-state index in [1.54, 1.807) is 0 Å². The molecule has 0 aromatic heterocycles. The topological polar surface area (TPSA) is 84.6 Å². The monoisotopic (exact) mass is 256 g/mol. The highest BCUT2D eigenvalue weighted by atomic mass is 16.5. The smallest absolute Gasteiger partial charge is 0.241 e. The van der Waals surface area contributed by atoms with Gasteiger partial charge >= 0.3 is 0 Å². The minimum Gasteiger partial charge on any atom is -0.393 e. The first-order valence-electron chi connectivity index (χ1n) is 6.70. The van der Waals surface area contributed by atoms with Gasteiger partial charge in [0.2, 0.25) is 5.91 Å². The third-order valence-corrected chi connectivity index (χ3v) is 4.68. The van der Waals surface area contributed by atoms with Crippen molar-refractivity contribution in [2.75, 3.05) is 6.61 Å². The van der Waals surface area contributed by atoms with Gasteiger partial charge in [-0.3, -0.25) is 4.79 Å². The van der Waals surface area contributed by atoms with Gasteiger partial charge in [-0.1, -0.05) is 13.8 Å². The Kier molecular flexibility index (Phi) is 3.42. The highest BCUT2D eigenvalue weighted by Crippen LogP contribution is 2.50. The molecule has 5 nitrogen and oxygen atoms in total. The number of nitrogens with two attached hydrogens (primary N) is 1. The third kappa shape index (κ3) is 1.94. The lowest BCUT2D eigenvalue weighted by molar-refractivity contribution is -0.172. The predicted molar refractivity (Wildman–Crippen MR) is 67.9 cm³/mol. The Morgan fingerprint density at radius 3 is 2.56 bits per heavy atom. The Balaban J connectivity index is 1.93. The molecule has 1 amide bonds. The summed E-state index contributed by atoms with van der Waals surface area (Å²) in [7, 11) is 0. The van der Waals surface area contributed by atoms with Crippen molar-refractivity contribution in [1.29, 1.82) is 0 Å². The normalized spacial score (nSPS) is 41.7. The largest absolute Gasteiger partial charge is 0.393 e. The Bertz CT molecular complexity index is 339. The summed E-state index contributed by atoms with van der Waals surface area (Å²) in [5.41, 5.74) is 5.05. The zero-order valence-electron chi connectivity index (χ0n) is 11.4. The van der Waals surface area contributed by atoms with E-state index in [1.165, 1.54) is 0 Å². The Morgan fingerprint density at radius 2 is 2.11 bits per heavy atom. The van der Waals surface area contributed by atoms with Gasteiger partial charge in [-0.05, 0) is 19.8 Å². The zero-order chi connectivity index (χ0) is 13.6. The van der Waals surface area contributed by atoms with Crippen LogP contribution in [0.15, 0.2) is 0 Å². The average Bonchev–Trinajstić information content (AvgIpc) is 2.26. The van der Waals surface area contributed by atoms with Crippen molar-refractivity contribution < 1.29 is 14.6 Å². The molecule has 2 aliphatic rings. The second-order valence-corrected chi connectivity index (χ2v) is 6.14. The molecular formula is C13H24N2O3. The van der Waals surface area contributed by atoms with Crippen molar-refractivity contribution in [3.63, 3.8) is 0 Å². The van der Waals surface area contributed by atoms with Crippen LogP contribution in [0, 0.1) is 5.41 Å². The van der Waals surface area contributed by atoms with E-state index in [0.717, 1.165) is 0 Å². The van der Waals surface area contributed by atoms with Gasteiger partial charge in [0.1, 0.15) is 5.54 Å². The molecule has 2 saturated carbocycles. The van der Waals surface area contributed by atoms with Gasteiger partial charge in [-0.25, -0.2) is 0 Å². The van der Waals surface area contributed by atoms with Crippen LogP contribution in [0.1, 0.15) is 40.0 Å². The Hall–Kier alpha value is -0.650. The van der Waals surface area contributed by atoms with E-state index in [9.17, 15) is 9.90 Å². The molecule has 0 radical (unpaired) electrons. The summed E-state index contributed by atoms with van der Waals surface area (Å²) in [6.07, 6.45) is 1.61. The van der Waals surface area contributed by atoms with E-state index in [4.69, 9.17) is 10.5 Å². The summed E-state index contributed by atoms with van der Waals surface area (Å²) in [5, 5.41) is 12.1. The second-order valence-electron chi connectivity index (χ2n) is 6.14. The van der Waals surface area contributed by atoms with Crippen LogP contribution in [-0.2, 0) is 9.53 Å². The molecule has 2 fully saturated rings. The molecule has 2 unspecified atom stereocenters. The van der Waals surface area contributed by atoms with Crippen LogP contribution in [0.2, 0.25) is 0 Å². The summed E-state index contributed by atoms with van der Waals surface area (Å²) >= 11 is 0. The van der Waals surface area contributed by atoms with Crippen molar-refractivity contribution in [3.05, 3.63) is 0 Å². The lowest BCUT2D eigenvalue weighted by Crippen LogP contribution is -2.76. The third-order valence-electron chi connectivity index (χ3n) is 4.68. The maximum absolute atomic E-state index is 12.2. The number of rotatable bonds is 4. The lowest BCUT2D eigenvalue weighted by Gasteiger charge is -2.58. The molecule has 18 heavy (non-hydrogen) atoms. The van der Waals surface area contributed by atoms with Gasteiger partial charge in [0.05, 0.1) is 12.2 Å². The fourth-order valence-electron chi connectivity index (χ4n) is 2.84. The molecule has 0 aliphatic heterocycles. The molecule has 0 bridgehead atoms. The minimum atomic E-state index is -0.854. The summed E-state index contributed by atoms with van der Waals surface area (Å²) < 4.78 is 5.60. The first-order chi connectivity index (χ1) is 8.31. The van der Waals surface area contributed by atoms with Gasteiger partial charge < -0.3 is 20.9 Å². The van der Waals surface area contributed by atoms with Crippen LogP contribution in [0.25, 0.3) is 0 Å². The van der Waals surface area contributed by atoms with Gasteiger partial charge in [-0.2, -0.15) is 0 Å². The van der Waals surface area contributed by atoms with E-state index in [0.29, 0.717) is 25.9 Å². The Morgan fingerprint density at radius 1 is 1.50 bits per heavy atom. The van der Waals surface area contributed by atoms with E-state index in [-0.39, 0.29) is 29.6 Å². The molecule has 5 heteroatoms. The first-order valence-corrected chi connectivity index (χ1v) is 6.70. The number of amides is 1. The molecule has 0 heterocycles. The number of nitrogens with one attached hydrogen (secondary N) is 1. The first kappa shape index (κ1) is 13.8. The summed E-state index contributed by atoms with van der Waals surface area (Å²) in [6, 6.07) is 0.0786. The molecule has 0 saturated heterocycles. The number of ether oxygens (including phenoxy) is 1. The van der Waals surface area contributed by atoms with Crippen LogP contribution in [0.5, 0.6) is 0 Å². The Labute approximate surface area is 108 Å². The summed E-state index contributed by atoms with van der Waals surface area (Å²) in [6.45, 7) is 6.54. The summed E-state index contributed by atoms with van der Waals surface area (Å²) in [5.74, 6) is -0.111. The van der Waals surface area contributed by atoms with E-state index in [2.05, 4.69) is 5.32 Å². The number of aliphatic hydroxyl groups excluding tert-OH is 1. The fourth-order valence-corrected chi connectivity index (χ4v) is 2.84. The van der Waals surface area contributed by atoms with Crippen molar-refractivity contribution in [3.8, 4) is 0 Å². The van der Waals surface area contributed by atoms with Crippen LogP contribution in [0.4, 0.5) is 0 Å². The number of carbonyl (C=O) groups excluding carboxylic acids is 1. The minimum absolute atomic E-state index is 0.0465. The molecule has 0 aromatic carbocycles. The van der Waals surface area contributed by atoms with E-state index < -0.39 is 5.54 Å². The second kappa shape index (κ2) is 4.47. The molecule has 4 N–H and O–H groups in total.